The van der Waals surface area contributed by atoms with Gasteiger partial charge in [0.1, 0.15) is 6.04 Å². The molecule has 1 aliphatic heterocycles. The number of amides is 1. The number of sulfonamides is 1. The average Bonchev–Trinajstić information content (AvgIpc) is 2.74. The molecule has 2 rings (SSSR count). The quantitative estimate of drug-likeness (QED) is 0.801. The zero-order valence-electron chi connectivity index (χ0n) is 12.9. The van der Waals surface area contributed by atoms with Crippen LogP contribution >= 0.6 is 15.9 Å². The summed E-state index contributed by atoms with van der Waals surface area (Å²) < 4.78 is 65.1. The number of halogens is 4. The second-order valence-electron chi connectivity index (χ2n) is 5.72. The van der Waals surface area contributed by atoms with E-state index in [9.17, 15) is 26.4 Å². The van der Waals surface area contributed by atoms with Crippen LogP contribution in [0.15, 0.2) is 22.7 Å². The van der Waals surface area contributed by atoms with Crippen molar-refractivity contribution in [2.45, 2.75) is 31.5 Å². The Morgan fingerprint density at radius 3 is 2.58 bits per heavy atom. The van der Waals surface area contributed by atoms with Crippen LogP contribution in [-0.2, 0) is 14.8 Å². The Morgan fingerprint density at radius 2 is 2.08 bits per heavy atom. The van der Waals surface area contributed by atoms with Crippen molar-refractivity contribution in [1.82, 2.24) is 5.32 Å². The number of nitrogens with zero attached hydrogens (tertiary/aromatic N) is 1. The van der Waals surface area contributed by atoms with Crippen LogP contribution < -0.4 is 9.62 Å². The summed E-state index contributed by atoms with van der Waals surface area (Å²) in [6.45, 7) is 0.928. The van der Waals surface area contributed by atoms with Gasteiger partial charge >= 0.3 is 6.18 Å². The van der Waals surface area contributed by atoms with Crippen molar-refractivity contribution in [3.8, 4) is 0 Å². The Kier molecular flexibility index (Phi) is 5.19. The molecule has 1 aliphatic rings. The van der Waals surface area contributed by atoms with Crippen molar-refractivity contribution >= 4 is 37.5 Å². The summed E-state index contributed by atoms with van der Waals surface area (Å²) in [6, 6.07) is 2.77. The predicted molar refractivity (Wildman–Crippen MR) is 87.3 cm³/mol. The highest BCUT2D eigenvalue weighted by Gasteiger charge is 2.44. The van der Waals surface area contributed by atoms with Crippen molar-refractivity contribution < 1.29 is 26.4 Å². The van der Waals surface area contributed by atoms with E-state index in [4.69, 9.17) is 0 Å². The fraction of sp³-hybridized carbons (Fsp3) is 0.500. The molecule has 5 nitrogen and oxygen atoms in total. The van der Waals surface area contributed by atoms with Gasteiger partial charge in [0.05, 0.1) is 11.9 Å². The lowest BCUT2D eigenvalue weighted by Gasteiger charge is -2.24. The second kappa shape index (κ2) is 6.55. The van der Waals surface area contributed by atoms with Crippen LogP contribution in [0.4, 0.5) is 18.9 Å². The van der Waals surface area contributed by atoms with Crippen LogP contribution in [0.1, 0.15) is 24.8 Å². The van der Waals surface area contributed by atoms with Gasteiger partial charge in [0.2, 0.25) is 15.9 Å². The van der Waals surface area contributed by atoms with Crippen molar-refractivity contribution in [3.05, 3.63) is 28.2 Å². The Balaban J connectivity index is 2.38. The van der Waals surface area contributed by atoms with Crippen molar-refractivity contribution in [1.29, 1.82) is 0 Å². The molecule has 2 atom stereocenters. The smallest absolute Gasteiger partial charge is 0.345 e. The molecule has 0 aliphatic carbocycles. The van der Waals surface area contributed by atoms with Gasteiger partial charge < -0.3 is 5.32 Å². The van der Waals surface area contributed by atoms with Gasteiger partial charge in [-0.3, -0.25) is 9.10 Å². The standard InChI is InChI=1S/C14H16BrF3N2O3S/c1-8(21)19-13(14(16,17)18)5-9-7-20(24(2,22)23)12-4-3-10(15)6-11(9)12/h3-4,6,9,13H,5,7H2,1-2H3,(H,19,21). The molecule has 0 saturated heterocycles. The molecule has 0 radical (unpaired) electrons. The number of rotatable bonds is 4. The summed E-state index contributed by atoms with van der Waals surface area (Å²) in [6.07, 6.45) is -4.04. The Hall–Kier alpha value is -1.29. The summed E-state index contributed by atoms with van der Waals surface area (Å²) in [5.41, 5.74) is 0.879. The van der Waals surface area contributed by atoms with E-state index in [2.05, 4.69) is 15.9 Å². The third-order valence-corrected chi connectivity index (χ3v) is 5.42. The molecule has 0 aromatic heterocycles. The Bertz CT molecular complexity index is 752. The predicted octanol–water partition coefficient (Wildman–Crippen LogP) is 2.77. The minimum absolute atomic E-state index is 0.0865. The topological polar surface area (TPSA) is 66.5 Å². The molecule has 134 valence electrons. The van der Waals surface area contributed by atoms with E-state index in [0.29, 0.717) is 15.7 Å². The third kappa shape index (κ3) is 4.21. The van der Waals surface area contributed by atoms with Crippen LogP contribution in [0.25, 0.3) is 0 Å². The molecule has 24 heavy (non-hydrogen) atoms. The van der Waals surface area contributed by atoms with Gasteiger partial charge in [0.25, 0.3) is 0 Å². The van der Waals surface area contributed by atoms with E-state index in [0.717, 1.165) is 17.5 Å². The fourth-order valence-electron chi connectivity index (χ4n) is 2.80. The first-order valence-corrected chi connectivity index (χ1v) is 9.64. The van der Waals surface area contributed by atoms with E-state index in [-0.39, 0.29) is 6.54 Å². The molecule has 0 bridgehead atoms. The van der Waals surface area contributed by atoms with Gasteiger partial charge in [-0.2, -0.15) is 13.2 Å². The van der Waals surface area contributed by atoms with E-state index in [1.165, 1.54) is 0 Å². The Labute approximate surface area is 146 Å². The Morgan fingerprint density at radius 1 is 1.46 bits per heavy atom. The molecule has 0 fully saturated rings. The number of hydrogen-bond acceptors (Lipinski definition) is 3. The molecule has 1 amide bonds. The molecule has 1 aromatic carbocycles. The van der Waals surface area contributed by atoms with Crippen molar-refractivity contribution in [3.63, 3.8) is 0 Å². The lowest BCUT2D eigenvalue weighted by Crippen LogP contribution is -2.45. The number of carbonyl (C=O) groups is 1. The number of nitrogens with one attached hydrogen (secondary N) is 1. The van der Waals surface area contributed by atoms with Crippen LogP contribution in [-0.4, -0.2) is 39.3 Å². The van der Waals surface area contributed by atoms with Crippen molar-refractivity contribution in [2.24, 2.45) is 0 Å². The van der Waals surface area contributed by atoms with E-state index in [1.807, 2.05) is 5.32 Å². The number of hydrogen-bond donors (Lipinski definition) is 1. The monoisotopic (exact) mass is 428 g/mol. The molecular formula is C14H16BrF3N2O3S. The first kappa shape index (κ1) is 19.0. The van der Waals surface area contributed by atoms with Crippen LogP contribution in [0.3, 0.4) is 0 Å². The average molecular weight is 429 g/mol. The molecule has 10 heteroatoms. The van der Waals surface area contributed by atoms with Gasteiger partial charge in [-0.05, 0) is 30.2 Å². The van der Waals surface area contributed by atoms with E-state index >= 15 is 0 Å². The maximum atomic E-state index is 13.2. The van der Waals surface area contributed by atoms with Gasteiger partial charge in [-0.25, -0.2) is 8.42 Å². The lowest BCUT2D eigenvalue weighted by molar-refractivity contribution is -0.163. The first-order valence-electron chi connectivity index (χ1n) is 7.00. The van der Waals surface area contributed by atoms with Crippen LogP contribution in [0.5, 0.6) is 0 Å². The molecule has 0 saturated carbocycles. The molecule has 0 spiro atoms. The zero-order valence-corrected chi connectivity index (χ0v) is 15.3. The third-order valence-electron chi connectivity index (χ3n) is 3.78. The summed E-state index contributed by atoms with van der Waals surface area (Å²) in [5, 5.41) is 1.90. The number of benzene rings is 1. The largest absolute Gasteiger partial charge is 0.408 e. The van der Waals surface area contributed by atoms with Gasteiger partial charge in [-0.15, -0.1) is 0 Å². The minimum atomic E-state index is -4.61. The highest BCUT2D eigenvalue weighted by molar-refractivity contribution is 9.10. The molecule has 2 unspecified atom stereocenters. The van der Waals surface area contributed by atoms with Gasteiger partial charge in [-0.1, -0.05) is 15.9 Å². The van der Waals surface area contributed by atoms with E-state index in [1.54, 1.807) is 18.2 Å². The second-order valence-corrected chi connectivity index (χ2v) is 8.55. The molecule has 1 heterocycles. The normalized spacial score (nSPS) is 19.1. The number of carbonyl (C=O) groups excluding carboxylic acids is 1. The minimum Gasteiger partial charge on any atom is -0.345 e. The number of alkyl halides is 3. The molecular weight excluding hydrogens is 413 g/mol. The molecule has 1 N–H and O–H groups in total. The summed E-state index contributed by atoms with van der Waals surface area (Å²) in [7, 11) is -3.61. The van der Waals surface area contributed by atoms with Crippen LogP contribution in [0, 0.1) is 0 Å². The highest BCUT2D eigenvalue weighted by atomic mass is 79.9. The molecule has 1 aromatic rings. The first-order chi connectivity index (χ1) is 10.9. The maximum absolute atomic E-state index is 13.2. The van der Waals surface area contributed by atoms with E-state index < -0.39 is 40.5 Å². The van der Waals surface area contributed by atoms with Crippen molar-refractivity contribution in [2.75, 3.05) is 17.1 Å². The van der Waals surface area contributed by atoms with Gasteiger partial charge in [0, 0.05) is 23.9 Å². The highest BCUT2D eigenvalue weighted by Crippen LogP contribution is 2.42. The number of anilines is 1. The summed E-state index contributed by atoms with van der Waals surface area (Å²) >= 11 is 3.25. The summed E-state index contributed by atoms with van der Waals surface area (Å²) in [4.78, 5) is 11.1. The van der Waals surface area contributed by atoms with Crippen LogP contribution in [0.2, 0.25) is 0 Å². The summed E-state index contributed by atoms with van der Waals surface area (Å²) in [5.74, 6) is -1.46. The maximum Gasteiger partial charge on any atom is 0.408 e. The SMILES string of the molecule is CC(=O)NC(CC1CN(S(C)(=O)=O)c2ccc(Br)cc21)C(F)(F)F. The lowest BCUT2D eigenvalue weighted by atomic mass is 9.93. The zero-order chi connectivity index (χ0) is 18.3. The fourth-order valence-corrected chi connectivity index (χ4v) is 4.15. The number of fused-ring (bicyclic) bond motifs is 1. The van der Waals surface area contributed by atoms with Gasteiger partial charge in [0.15, 0.2) is 0 Å².